The molecule has 0 atom stereocenters. The third-order valence-electron chi connectivity index (χ3n) is 7.92. The summed E-state index contributed by atoms with van der Waals surface area (Å²) in [4.78, 5) is 54.0. The van der Waals surface area contributed by atoms with Crippen molar-refractivity contribution < 1.29 is 29.4 Å². The number of hydrazine groups is 2. The number of aromatic hydroxyl groups is 2. The van der Waals surface area contributed by atoms with Crippen molar-refractivity contribution in [2.24, 2.45) is 5.41 Å². The third-order valence-corrected chi connectivity index (χ3v) is 7.92. The van der Waals surface area contributed by atoms with Gasteiger partial charge in [-0.3, -0.25) is 40.9 Å². The molecule has 10 heteroatoms. The lowest BCUT2D eigenvalue weighted by Gasteiger charge is -2.31. The first kappa shape index (κ1) is 36.1. The topological polar surface area (TPSA) is 157 Å². The van der Waals surface area contributed by atoms with E-state index < -0.39 is 29.0 Å². The number of hydrogen-bond donors (Lipinski definition) is 6. The van der Waals surface area contributed by atoms with Crippen LogP contribution >= 0.6 is 0 Å². The van der Waals surface area contributed by atoms with Gasteiger partial charge in [0.15, 0.2) is 0 Å². The van der Waals surface area contributed by atoms with Gasteiger partial charge in [-0.25, -0.2) is 0 Å². The first-order chi connectivity index (χ1) is 21.2. The van der Waals surface area contributed by atoms with Crippen molar-refractivity contribution in [3.8, 4) is 11.5 Å². The summed E-state index contributed by atoms with van der Waals surface area (Å²) in [7, 11) is 0. The fourth-order valence-electron chi connectivity index (χ4n) is 5.28. The van der Waals surface area contributed by atoms with E-state index in [1.165, 1.54) is 12.1 Å². The lowest BCUT2D eigenvalue weighted by atomic mass is 9.76. The maximum absolute atomic E-state index is 13.8. The van der Waals surface area contributed by atoms with Crippen molar-refractivity contribution in [3.63, 3.8) is 0 Å². The number of hydrogen-bond acceptors (Lipinski definition) is 6. The monoisotopic (exact) mass is 610 g/mol. The summed E-state index contributed by atoms with van der Waals surface area (Å²) in [6.07, 6.45) is 8.48. The largest absolute Gasteiger partial charge is 0.507 e. The highest BCUT2D eigenvalue weighted by Gasteiger charge is 2.45. The van der Waals surface area contributed by atoms with Gasteiger partial charge in [-0.1, -0.05) is 96.9 Å². The number of rotatable bonds is 17. The number of aryl methyl sites for hydroxylation is 2. The molecule has 2 aromatic carbocycles. The first-order valence-corrected chi connectivity index (χ1v) is 16.0. The van der Waals surface area contributed by atoms with Gasteiger partial charge in [0.25, 0.3) is 23.6 Å². The fraction of sp³-hybridized carbons (Fsp3) is 0.529. The van der Waals surface area contributed by atoms with Crippen LogP contribution in [0.5, 0.6) is 11.5 Å². The molecule has 0 saturated carbocycles. The van der Waals surface area contributed by atoms with Gasteiger partial charge in [0.05, 0.1) is 11.1 Å². The molecule has 4 amide bonds. The zero-order chi connectivity index (χ0) is 32.5. The van der Waals surface area contributed by atoms with E-state index in [0.717, 1.165) is 38.5 Å². The fourth-order valence-corrected chi connectivity index (χ4v) is 5.28. The quantitative estimate of drug-likeness (QED) is 0.0759. The normalized spacial score (nSPS) is 11.1. The van der Waals surface area contributed by atoms with Crippen LogP contribution in [-0.2, 0) is 22.4 Å². The molecule has 0 fully saturated rings. The Morgan fingerprint density at radius 3 is 1.39 bits per heavy atom. The first-order valence-electron chi connectivity index (χ1n) is 16.0. The summed E-state index contributed by atoms with van der Waals surface area (Å²) in [6, 6.07) is 9.68. The van der Waals surface area contributed by atoms with E-state index in [1.807, 2.05) is 27.7 Å². The minimum absolute atomic E-state index is 0.0738. The van der Waals surface area contributed by atoms with Crippen LogP contribution in [0.2, 0.25) is 0 Å². The van der Waals surface area contributed by atoms with Crippen molar-refractivity contribution in [1.82, 2.24) is 21.7 Å². The summed E-state index contributed by atoms with van der Waals surface area (Å²) < 4.78 is 0. The Bertz CT molecular complexity index is 1180. The molecule has 0 heterocycles. The predicted molar refractivity (Wildman–Crippen MR) is 171 cm³/mol. The molecule has 0 aliphatic heterocycles. The van der Waals surface area contributed by atoms with Gasteiger partial charge < -0.3 is 10.2 Å². The molecular weight excluding hydrogens is 560 g/mol. The van der Waals surface area contributed by atoms with Crippen molar-refractivity contribution in [2.45, 2.75) is 111 Å². The van der Waals surface area contributed by atoms with E-state index in [4.69, 9.17) is 0 Å². The van der Waals surface area contributed by atoms with E-state index in [1.54, 1.807) is 24.3 Å². The number of unbranched alkanes of at least 4 members (excludes halogenated alkanes) is 5. The van der Waals surface area contributed by atoms with Gasteiger partial charge in [0.2, 0.25) is 0 Å². The molecule has 0 aliphatic carbocycles. The second kappa shape index (κ2) is 18.6. The number of benzene rings is 2. The number of amides is 4. The highest BCUT2D eigenvalue weighted by atomic mass is 16.3. The minimum Gasteiger partial charge on any atom is -0.507 e. The van der Waals surface area contributed by atoms with E-state index in [9.17, 15) is 29.4 Å². The van der Waals surface area contributed by atoms with Gasteiger partial charge in [0.1, 0.15) is 16.9 Å². The summed E-state index contributed by atoms with van der Waals surface area (Å²) >= 11 is 0. The molecule has 2 aromatic rings. The predicted octanol–water partition coefficient (Wildman–Crippen LogP) is 5.76. The number of nitrogens with one attached hydrogen (secondary N) is 4. The lowest BCUT2D eigenvalue weighted by Crippen LogP contribution is -2.58. The molecular formula is C34H50N4O6. The van der Waals surface area contributed by atoms with E-state index >= 15 is 0 Å². The van der Waals surface area contributed by atoms with Gasteiger partial charge in [0, 0.05) is 0 Å². The molecule has 0 radical (unpaired) electrons. The summed E-state index contributed by atoms with van der Waals surface area (Å²) in [5.41, 5.74) is 9.57. The lowest BCUT2D eigenvalue weighted by molar-refractivity contribution is -0.146. The Hall–Kier alpha value is -4.08. The third kappa shape index (κ3) is 9.72. The van der Waals surface area contributed by atoms with E-state index in [-0.39, 0.29) is 35.5 Å². The minimum atomic E-state index is -1.60. The highest BCUT2D eigenvalue weighted by molar-refractivity contribution is 6.07. The maximum atomic E-state index is 13.8. The zero-order valence-corrected chi connectivity index (χ0v) is 26.7. The van der Waals surface area contributed by atoms with Crippen LogP contribution in [0, 0.1) is 5.41 Å². The Morgan fingerprint density at radius 2 is 0.977 bits per heavy atom. The summed E-state index contributed by atoms with van der Waals surface area (Å²) in [5.74, 6) is -3.19. The molecule has 2 rings (SSSR count). The molecule has 0 spiro atoms. The van der Waals surface area contributed by atoms with Crippen molar-refractivity contribution in [3.05, 3.63) is 58.7 Å². The van der Waals surface area contributed by atoms with E-state index in [2.05, 4.69) is 21.7 Å². The van der Waals surface area contributed by atoms with E-state index in [0.29, 0.717) is 43.2 Å². The molecule has 0 aliphatic rings. The summed E-state index contributed by atoms with van der Waals surface area (Å²) in [5, 5.41) is 20.9. The average Bonchev–Trinajstić information content (AvgIpc) is 3.01. The SMILES string of the molecule is CCCCCC(CCCC)(C(=O)NNC(=O)c1c(O)cccc1CCCC)C(=O)NNC(=O)c1c(O)cccc1CCCC. The van der Waals surface area contributed by atoms with Gasteiger partial charge >= 0.3 is 0 Å². The van der Waals surface area contributed by atoms with Crippen LogP contribution in [0.1, 0.15) is 130 Å². The second-order valence-electron chi connectivity index (χ2n) is 11.3. The number of phenols is 2. The summed E-state index contributed by atoms with van der Waals surface area (Å²) in [6.45, 7) is 8.01. The standard InChI is InChI=1S/C34H50N4O6/c1-5-9-13-23-34(22-12-8-4,32(43)37-35-30(41)28-24(16-10-6-2)18-14-20-26(28)39)33(44)38-36-31(42)29-25(17-11-7-3)19-15-21-27(29)40/h14-15,18-21,39-40H,5-13,16-17,22-23H2,1-4H3,(H,35,41)(H,36,42)(H,37,43)(H,38,44). The van der Waals surface area contributed by atoms with Gasteiger partial charge in [-0.2, -0.15) is 0 Å². The molecule has 242 valence electrons. The molecule has 44 heavy (non-hydrogen) atoms. The Kier molecular flexibility index (Phi) is 15.2. The molecule has 0 aromatic heterocycles. The molecule has 10 nitrogen and oxygen atoms in total. The van der Waals surface area contributed by atoms with Crippen LogP contribution in [0.4, 0.5) is 0 Å². The molecule has 6 N–H and O–H groups in total. The number of phenolic OH excluding ortho intramolecular Hbond substituents is 2. The molecule has 0 saturated heterocycles. The Labute approximate surface area is 261 Å². The van der Waals surface area contributed by atoms with Crippen LogP contribution in [0.3, 0.4) is 0 Å². The highest BCUT2D eigenvalue weighted by Crippen LogP contribution is 2.33. The van der Waals surface area contributed by atoms with Crippen molar-refractivity contribution >= 4 is 23.6 Å². The second-order valence-corrected chi connectivity index (χ2v) is 11.3. The van der Waals surface area contributed by atoms with Crippen molar-refractivity contribution in [2.75, 3.05) is 0 Å². The zero-order valence-electron chi connectivity index (χ0n) is 26.7. The Balaban J connectivity index is 2.31. The van der Waals surface area contributed by atoms with Crippen LogP contribution in [0.25, 0.3) is 0 Å². The Morgan fingerprint density at radius 1 is 0.568 bits per heavy atom. The molecule has 0 unspecified atom stereocenters. The number of carbonyl (C=O) groups excluding carboxylic acids is 4. The number of carbonyl (C=O) groups is 4. The smallest absolute Gasteiger partial charge is 0.273 e. The maximum Gasteiger partial charge on any atom is 0.273 e. The average molecular weight is 611 g/mol. The molecule has 0 bridgehead atoms. The van der Waals surface area contributed by atoms with Crippen LogP contribution in [-0.4, -0.2) is 33.8 Å². The van der Waals surface area contributed by atoms with Crippen LogP contribution in [0.15, 0.2) is 36.4 Å². The van der Waals surface area contributed by atoms with Gasteiger partial charge in [-0.05, 0) is 61.8 Å². The van der Waals surface area contributed by atoms with Gasteiger partial charge in [-0.15, -0.1) is 0 Å². The van der Waals surface area contributed by atoms with Crippen LogP contribution < -0.4 is 21.7 Å². The van der Waals surface area contributed by atoms with Crippen molar-refractivity contribution in [1.29, 1.82) is 0 Å².